The van der Waals surface area contributed by atoms with E-state index in [4.69, 9.17) is 0 Å². The van der Waals surface area contributed by atoms with Crippen molar-refractivity contribution < 1.29 is 0 Å². The molecule has 0 radical (unpaired) electrons. The zero-order valence-electron chi connectivity index (χ0n) is 10.6. The van der Waals surface area contributed by atoms with Gasteiger partial charge in [-0.2, -0.15) is 0 Å². The SMILES string of the molecule is c1csc(CN2CC[C@H]3[C@H]2CCN3c2nncs2)c1. The van der Waals surface area contributed by atoms with Crippen molar-refractivity contribution in [1.82, 2.24) is 15.1 Å². The van der Waals surface area contributed by atoms with Gasteiger partial charge in [0, 0.05) is 36.6 Å². The minimum Gasteiger partial charge on any atom is -0.342 e. The molecule has 2 saturated heterocycles. The van der Waals surface area contributed by atoms with Crippen molar-refractivity contribution in [1.29, 1.82) is 0 Å². The van der Waals surface area contributed by atoms with Crippen molar-refractivity contribution in [3.05, 3.63) is 27.9 Å². The zero-order valence-corrected chi connectivity index (χ0v) is 12.2. The lowest BCUT2D eigenvalue weighted by Crippen LogP contribution is -2.36. The first kappa shape index (κ1) is 11.8. The van der Waals surface area contributed by atoms with Gasteiger partial charge >= 0.3 is 0 Å². The van der Waals surface area contributed by atoms with Crippen LogP contribution in [0, 0.1) is 0 Å². The maximum Gasteiger partial charge on any atom is 0.208 e. The highest BCUT2D eigenvalue weighted by molar-refractivity contribution is 7.13. The number of hydrogen-bond acceptors (Lipinski definition) is 6. The van der Waals surface area contributed by atoms with E-state index in [1.165, 1.54) is 24.3 Å². The molecule has 6 heteroatoms. The van der Waals surface area contributed by atoms with E-state index in [0.29, 0.717) is 12.1 Å². The van der Waals surface area contributed by atoms with Gasteiger partial charge in [-0.15, -0.1) is 21.5 Å². The molecule has 0 bridgehead atoms. The molecule has 0 unspecified atom stereocenters. The zero-order chi connectivity index (χ0) is 12.7. The molecule has 2 fully saturated rings. The minimum atomic E-state index is 0.646. The fraction of sp³-hybridized carbons (Fsp3) is 0.538. The van der Waals surface area contributed by atoms with E-state index in [1.807, 2.05) is 16.8 Å². The van der Waals surface area contributed by atoms with Crippen LogP contribution >= 0.6 is 22.7 Å². The highest BCUT2D eigenvalue weighted by Gasteiger charge is 2.43. The van der Waals surface area contributed by atoms with Crippen LogP contribution in [-0.2, 0) is 6.54 Å². The van der Waals surface area contributed by atoms with Gasteiger partial charge in [0.25, 0.3) is 0 Å². The van der Waals surface area contributed by atoms with Crippen LogP contribution in [0.4, 0.5) is 5.13 Å². The summed E-state index contributed by atoms with van der Waals surface area (Å²) in [5, 5.41) is 11.5. The number of hydrogen-bond donors (Lipinski definition) is 0. The molecule has 2 aromatic rings. The Balaban J connectivity index is 1.49. The third-order valence-electron chi connectivity index (χ3n) is 4.22. The molecule has 2 atom stereocenters. The van der Waals surface area contributed by atoms with Crippen molar-refractivity contribution in [2.45, 2.75) is 31.5 Å². The number of thiophene rings is 1. The molecular formula is C13H16N4S2. The van der Waals surface area contributed by atoms with Crippen LogP contribution in [0.2, 0.25) is 0 Å². The molecule has 19 heavy (non-hydrogen) atoms. The van der Waals surface area contributed by atoms with Crippen LogP contribution in [-0.4, -0.2) is 40.3 Å². The molecule has 2 aliphatic rings. The van der Waals surface area contributed by atoms with Gasteiger partial charge < -0.3 is 4.90 Å². The van der Waals surface area contributed by atoms with E-state index in [-0.39, 0.29) is 0 Å². The van der Waals surface area contributed by atoms with Gasteiger partial charge in [0.2, 0.25) is 5.13 Å². The Kier molecular flexibility index (Phi) is 3.01. The molecule has 0 aliphatic carbocycles. The second-order valence-corrected chi connectivity index (χ2v) is 7.02. The number of fused-ring (bicyclic) bond motifs is 1. The van der Waals surface area contributed by atoms with Crippen LogP contribution in [0.15, 0.2) is 23.0 Å². The maximum absolute atomic E-state index is 4.24. The summed E-state index contributed by atoms with van der Waals surface area (Å²) in [6, 6.07) is 5.74. The number of likely N-dealkylation sites (tertiary alicyclic amines) is 1. The van der Waals surface area contributed by atoms with E-state index < -0.39 is 0 Å². The Morgan fingerprint density at radius 3 is 2.95 bits per heavy atom. The number of anilines is 1. The number of nitrogens with zero attached hydrogens (tertiary/aromatic N) is 4. The summed E-state index contributed by atoms with van der Waals surface area (Å²) in [4.78, 5) is 6.60. The van der Waals surface area contributed by atoms with E-state index in [2.05, 4.69) is 37.5 Å². The minimum absolute atomic E-state index is 0.646. The summed E-state index contributed by atoms with van der Waals surface area (Å²) >= 11 is 3.53. The highest BCUT2D eigenvalue weighted by Crippen LogP contribution is 2.36. The highest BCUT2D eigenvalue weighted by atomic mass is 32.1. The second-order valence-electron chi connectivity index (χ2n) is 5.18. The Morgan fingerprint density at radius 1 is 1.21 bits per heavy atom. The van der Waals surface area contributed by atoms with E-state index in [1.54, 1.807) is 11.3 Å². The molecule has 0 spiro atoms. The molecular weight excluding hydrogens is 276 g/mol. The lowest BCUT2D eigenvalue weighted by atomic mass is 10.1. The Morgan fingerprint density at radius 2 is 2.16 bits per heavy atom. The average Bonchev–Trinajstić information content (AvgIpc) is 3.15. The second kappa shape index (κ2) is 4.85. The van der Waals surface area contributed by atoms with Crippen molar-refractivity contribution >= 4 is 27.8 Å². The Hall–Kier alpha value is -0.980. The molecule has 100 valence electrons. The smallest absolute Gasteiger partial charge is 0.208 e. The van der Waals surface area contributed by atoms with Gasteiger partial charge in [0.1, 0.15) is 5.51 Å². The van der Waals surface area contributed by atoms with Gasteiger partial charge in [-0.25, -0.2) is 0 Å². The van der Waals surface area contributed by atoms with Gasteiger partial charge in [-0.1, -0.05) is 17.4 Å². The van der Waals surface area contributed by atoms with Gasteiger partial charge in [0.05, 0.1) is 0 Å². The van der Waals surface area contributed by atoms with Crippen molar-refractivity contribution in [3.8, 4) is 0 Å². The standard InChI is InChI=1S/C13H16N4S2/c1-2-10(18-7-1)8-16-5-3-12-11(16)4-6-17(12)13-15-14-9-19-13/h1-2,7,9,11-12H,3-6,8H2/t11-,12+/m1/s1. The predicted molar refractivity (Wildman–Crippen MR) is 78.8 cm³/mol. The predicted octanol–water partition coefficient (Wildman–Crippen LogP) is 2.45. The monoisotopic (exact) mass is 292 g/mol. The molecule has 4 heterocycles. The van der Waals surface area contributed by atoms with Crippen molar-refractivity contribution in [3.63, 3.8) is 0 Å². The first-order valence-electron chi connectivity index (χ1n) is 6.71. The molecule has 2 aromatic heterocycles. The third kappa shape index (κ3) is 2.07. The lowest BCUT2D eigenvalue weighted by molar-refractivity contribution is 0.248. The largest absolute Gasteiger partial charge is 0.342 e. The first-order valence-corrected chi connectivity index (χ1v) is 8.47. The number of rotatable bonds is 3. The molecule has 4 nitrogen and oxygen atoms in total. The average molecular weight is 292 g/mol. The summed E-state index contributed by atoms with van der Waals surface area (Å²) in [6.07, 6.45) is 2.52. The lowest BCUT2D eigenvalue weighted by Gasteiger charge is -2.24. The van der Waals surface area contributed by atoms with Gasteiger partial charge in [0.15, 0.2) is 0 Å². The fourth-order valence-electron chi connectivity index (χ4n) is 3.40. The Bertz CT molecular complexity index is 525. The first-order chi connectivity index (χ1) is 9.42. The molecule has 0 saturated carbocycles. The van der Waals surface area contributed by atoms with E-state index in [9.17, 15) is 0 Å². The summed E-state index contributed by atoms with van der Waals surface area (Å²) in [5.41, 5.74) is 1.83. The third-order valence-corrected chi connectivity index (χ3v) is 5.81. The van der Waals surface area contributed by atoms with E-state index in [0.717, 1.165) is 18.2 Å². The number of aromatic nitrogens is 2. The van der Waals surface area contributed by atoms with Crippen molar-refractivity contribution in [2.24, 2.45) is 0 Å². The summed E-state index contributed by atoms with van der Waals surface area (Å²) in [5.74, 6) is 0. The molecule has 0 aromatic carbocycles. The fourth-order valence-corrected chi connectivity index (χ4v) is 4.78. The normalized spacial score (nSPS) is 27.1. The van der Waals surface area contributed by atoms with E-state index >= 15 is 0 Å². The van der Waals surface area contributed by atoms with Crippen LogP contribution in [0.3, 0.4) is 0 Å². The summed E-state index contributed by atoms with van der Waals surface area (Å²) in [6.45, 7) is 3.46. The summed E-state index contributed by atoms with van der Waals surface area (Å²) in [7, 11) is 0. The van der Waals surface area contributed by atoms with Crippen molar-refractivity contribution in [2.75, 3.05) is 18.0 Å². The molecule has 2 aliphatic heterocycles. The van der Waals surface area contributed by atoms with Crippen LogP contribution in [0.1, 0.15) is 17.7 Å². The van der Waals surface area contributed by atoms with Crippen LogP contribution in [0.25, 0.3) is 0 Å². The summed E-state index contributed by atoms with van der Waals surface area (Å²) < 4.78 is 0. The molecule has 0 N–H and O–H groups in total. The quantitative estimate of drug-likeness (QED) is 0.870. The van der Waals surface area contributed by atoms with Crippen LogP contribution in [0.5, 0.6) is 0 Å². The Labute approximate surface area is 120 Å². The molecule has 4 rings (SSSR count). The molecule has 0 amide bonds. The van der Waals surface area contributed by atoms with Gasteiger partial charge in [-0.3, -0.25) is 4.90 Å². The van der Waals surface area contributed by atoms with Crippen LogP contribution < -0.4 is 4.90 Å². The topological polar surface area (TPSA) is 32.3 Å². The van der Waals surface area contributed by atoms with Gasteiger partial charge in [-0.05, 0) is 24.3 Å². The maximum atomic E-state index is 4.24.